The Labute approximate surface area is 122 Å². The van der Waals surface area contributed by atoms with Crippen LogP contribution in [0.4, 0.5) is 0 Å². The van der Waals surface area contributed by atoms with Gasteiger partial charge in [0.05, 0.1) is 11.0 Å². The molecule has 0 atom stereocenters. The lowest BCUT2D eigenvalue weighted by Gasteiger charge is -1.98. The van der Waals surface area contributed by atoms with Crippen LogP contribution in [0.2, 0.25) is 0 Å². The molecule has 102 valence electrons. The Morgan fingerprint density at radius 2 is 1.48 bits per heavy atom. The number of fused-ring (bicyclic) bond motifs is 2. The fraction of sp³-hybridized carbons (Fsp3) is 0.111. The van der Waals surface area contributed by atoms with E-state index in [1.807, 2.05) is 6.07 Å². The number of aromatic amines is 1. The van der Waals surface area contributed by atoms with Gasteiger partial charge in [0.25, 0.3) is 0 Å². The van der Waals surface area contributed by atoms with Crippen molar-refractivity contribution in [2.75, 3.05) is 0 Å². The molecule has 3 nitrogen and oxygen atoms in total. The molecule has 0 amide bonds. The summed E-state index contributed by atoms with van der Waals surface area (Å²) in [4.78, 5) is 12.7. The van der Waals surface area contributed by atoms with Gasteiger partial charge in [-0.3, -0.25) is 0 Å². The van der Waals surface area contributed by atoms with E-state index in [1.165, 1.54) is 11.1 Å². The minimum atomic E-state index is 0.835. The molecule has 0 aliphatic rings. The smallest absolute Gasteiger partial charge is 0.157 e. The molecule has 21 heavy (non-hydrogen) atoms. The van der Waals surface area contributed by atoms with Crippen LogP contribution in [-0.2, 0) is 0 Å². The van der Waals surface area contributed by atoms with Crippen LogP contribution in [0.3, 0.4) is 0 Å². The van der Waals surface area contributed by atoms with Gasteiger partial charge in [0.15, 0.2) is 5.65 Å². The molecule has 0 aliphatic carbocycles. The minimum absolute atomic E-state index is 0.835. The molecule has 0 fully saturated rings. The number of nitrogens with one attached hydrogen (secondary N) is 1. The minimum Gasteiger partial charge on any atom is -0.338 e. The highest BCUT2D eigenvalue weighted by Crippen LogP contribution is 2.24. The van der Waals surface area contributed by atoms with E-state index in [4.69, 9.17) is 4.98 Å². The molecule has 0 radical (unpaired) electrons. The average molecular weight is 273 g/mol. The van der Waals surface area contributed by atoms with E-state index in [9.17, 15) is 0 Å². The van der Waals surface area contributed by atoms with Crippen LogP contribution in [0.1, 0.15) is 11.1 Å². The highest BCUT2D eigenvalue weighted by Gasteiger charge is 2.07. The van der Waals surface area contributed by atoms with Gasteiger partial charge >= 0.3 is 0 Å². The number of benzene rings is 2. The Hall–Kier alpha value is -2.68. The van der Waals surface area contributed by atoms with Crippen LogP contribution >= 0.6 is 0 Å². The van der Waals surface area contributed by atoms with E-state index >= 15 is 0 Å². The van der Waals surface area contributed by atoms with Gasteiger partial charge in [0.1, 0.15) is 5.52 Å². The zero-order valence-electron chi connectivity index (χ0n) is 12.0. The normalized spacial score (nSPS) is 11.3. The van der Waals surface area contributed by atoms with Crippen molar-refractivity contribution in [3.05, 3.63) is 59.7 Å². The van der Waals surface area contributed by atoms with E-state index in [0.717, 1.165) is 33.5 Å². The first-order valence-electron chi connectivity index (χ1n) is 7.03. The highest BCUT2D eigenvalue weighted by atomic mass is 14.9. The molecule has 0 spiro atoms. The standard InChI is InChI=1S/C18H15N3/c1-11-3-6-13(7-4-11)15-10-17-18(21-15)20-14-8-5-12(2)9-16(14)19-17/h3-10H,1-2H3,(H,20,21). The molecule has 3 heteroatoms. The first kappa shape index (κ1) is 12.1. The van der Waals surface area contributed by atoms with Gasteiger partial charge in [0, 0.05) is 5.69 Å². The van der Waals surface area contributed by atoms with Gasteiger partial charge in [-0.15, -0.1) is 0 Å². The summed E-state index contributed by atoms with van der Waals surface area (Å²) in [7, 11) is 0. The Bertz CT molecular complexity index is 949. The van der Waals surface area contributed by atoms with E-state index in [1.54, 1.807) is 0 Å². The van der Waals surface area contributed by atoms with Crippen molar-refractivity contribution < 1.29 is 0 Å². The van der Waals surface area contributed by atoms with Crippen molar-refractivity contribution >= 4 is 22.2 Å². The number of hydrogen-bond donors (Lipinski definition) is 1. The first-order chi connectivity index (χ1) is 10.2. The lowest BCUT2D eigenvalue weighted by Crippen LogP contribution is -1.86. The molecular weight excluding hydrogens is 258 g/mol. The van der Waals surface area contributed by atoms with Crippen LogP contribution < -0.4 is 0 Å². The number of aryl methyl sites for hydroxylation is 2. The Morgan fingerprint density at radius 3 is 2.29 bits per heavy atom. The van der Waals surface area contributed by atoms with E-state index in [-0.39, 0.29) is 0 Å². The number of hydrogen-bond acceptors (Lipinski definition) is 2. The van der Waals surface area contributed by atoms with Crippen molar-refractivity contribution in [2.24, 2.45) is 0 Å². The lowest BCUT2D eigenvalue weighted by molar-refractivity contribution is 1.33. The maximum Gasteiger partial charge on any atom is 0.157 e. The largest absolute Gasteiger partial charge is 0.338 e. The van der Waals surface area contributed by atoms with Gasteiger partial charge in [0.2, 0.25) is 0 Å². The van der Waals surface area contributed by atoms with E-state index < -0.39 is 0 Å². The van der Waals surface area contributed by atoms with Gasteiger partial charge in [-0.05, 0) is 43.2 Å². The van der Waals surface area contributed by atoms with Gasteiger partial charge in [-0.1, -0.05) is 35.9 Å². The summed E-state index contributed by atoms with van der Waals surface area (Å²) in [6.45, 7) is 4.16. The van der Waals surface area contributed by atoms with Crippen LogP contribution in [-0.4, -0.2) is 15.0 Å². The van der Waals surface area contributed by atoms with Gasteiger partial charge in [-0.2, -0.15) is 0 Å². The molecular formula is C18H15N3. The van der Waals surface area contributed by atoms with Gasteiger partial charge < -0.3 is 4.98 Å². The monoisotopic (exact) mass is 273 g/mol. The maximum atomic E-state index is 4.71. The molecule has 2 aromatic heterocycles. The molecule has 2 heterocycles. The molecule has 1 N–H and O–H groups in total. The summed E-state index contributed by atoms with van der Waals surface area (Å²) in [6.07, 6.45) is 0. The fourth-order valence-electron chi connectivity index (χ4n) is 2.56. The Kier molecular flexibility index (Phi) is 2.54. The quantitative estimate of drug-likeness (QED) is 0.558. The zero-order valence-corrected chi connectivity index (χ0v) is 12.0. The number of nitrogens with zero attached hydrogens (tertiary/aromatic N) is 2. The molecule has 2 aromatic carbocycles. The number of rotatable bonds is 1. The first-order valence-corrected chi connectivity index (χ1v) is 7.03. The molecule has 4 rings (SSSR count). The van der Waals surface area contributed by atoms with Crippen molar-refractivity contribution in [2.45, 2.75) is 13.8 Å². The topological polar surface area (TPSA) is 41.6 Å². The molecule has 0 saturated carbocycles. The second-order valence-electron chi connectivity index (χ2n) is 5.50. The predicted molar refractivity (Wildman–Crippen MR) is 86.3 cm³/mol. The second-order valence-corrected chi connectivity index (χ2v) is 5.50. The van der Waals surface area contributed by atoms with Crippen LogP contribution in [0.5, 0.6) is 0 Å². The van der Waals surface area contributed by atoms with Gasteiger partial charge in [-0.25, -0.2) is 9.97 Å². The predicted octanol–water partition coefficient (Wildman–Crippen LogP) is 4.39. The summed E-state index contributed by atoms with van der Waals surface area (Å²) in [5.41, 5.74) is 8.27. The third-order valence-electron chi connectivity index (χ3n) is 3.74. The third kappa shape index (κ3) is 2.07. The molecule has 0 saturated heterocycles. The molecule has 0 bridgehead atoms. The second kappa shape index (κ2) is 4.42. The number of H-pyrrole nitrogens is 1. The fourth-order valence-corrected chi connectivity index (χ4v) is 2.56. The van der Waals surface area contributed by atoms with Crippen molar-refractivity contribution in [3.63, 3.8) is 0 Å². The summed E-state index contributed by atoms with van der Waals surface area (Å²) in [5.74, 6) is 0. The Balaban J connectivity index is 1.92. The summed E-state index contributed by atoms with van der Waals surface area (Å²) in [5, 5.41) is 0. The zero-order chi connectivity index (χ0) is 14.4. The van der Waals surface area contributed by atoms with E-state index in [0.29, 0.717) is 0 Å². The maximum absolute atomic E-state index is 4.71. The summed E-state index contributed by atoms with van der Waals surface area (Å²) >= 11 is 0. The van der Waals surface area contributed by atoms with Crippen molar-refractivity contribution in [3.8, 4) is 11.3 Å². The third-order valence-corrected chi connectivity index (χ3v) is 3.74. The lowest BCUT2D eigenvalue weighted by atomic mass is 10.1. The molecule has 4 aromatic rings. The van der Waals surface area contributed by atoms with Crippen LogP contribution in [0, 0.1) is 13.8 Å². The Morgan fingerprint density at radius 1 is 0.714 bits per heavy atom. The highest BCUT2D eigenvalue weighted by molar-refractivity contribution is 5.88. The summed E-state index contributed by atoms with van der Waals surface area (Å²) < 4.78 is 0. The summed E-state index contributed by atoms with van der Waals surface area (Å²) in [6, 6.07) is 16.7. The molecule has 0 unspecified atom stereocenters. The van der Waals surface area contributed by atoms with Crippen LogP contribution in [0.15, 0.2) is 48.5 Å². The van der Waals surface area contributed by atoms with Crippen molar-refractivity contribution in [1.82, 2.24) is 15.0 Å². The van der Waals surface area contributed by atoms with Crippen LogP contribution in [0.25, 0.3) is 33.5 Å². The number of aromatic nitrogens is 3. The average Bonchev–Trinajstić information content (AvgIpc) is 2.88. The SMILES string of the molecule is Cc1ccc(-c2cc3nc4cc(C)ccc4nc3[nH]2)cc1. The van der Waals surface area contributed by atoms with Crippen molar-refractivity contribution in [1.29, 1.82) is 0 Å². The van der Waals surface area contributed by atoms with E-state index in [2.05, 4.69) is 66.3 Å². The molecule has 0 aliphatic heterocycles.